The van der Waals surface area contributed by atoms with E-state index in [-0.39, 0.29) is 71.6 Å². The zero-order valence-corrected chi connectivity index (χ0v) is 12.7. The van der Waals surface area contributed by atoms with E-state index in [9.17, 15) is 0 Å². The summed E-state index contributed by atoms with van der Waals surface area (Å²) in [5.41, 5.74) is 0. The van der Waals surface area contributed by atoms with Crippen molar-refractivity contribution in [2.45, 2.75) is 0 Å². The van der Waals surface area contributed by atoms with Crippen LogP contribution in [0.5, 0.6) is 0 Å². The maximum Gasteiger partial charge on any atom is 3.00 e. The topological polar surface area (TPSA) is 225 Å². The molecule has 0 spiro atoms. The number of hydrogen-bond donors (Lipinski definition) is 1. The Morgan fingerprint density at radius 1 is 0.533 bits per heavy atom. The molecule has 0 aliphatic carbocycles. The van der Waals surface area contributed by atoms with Crippen molar-refractivity contribution in [1.82, 2.24) is 6.15 Å². The standard InChI is InChI=1S/3CH2O3.H3N.2Y/c3*2-1(3)4;;;/h3*(H2,2,3,4);1H3;;/q;;;;2*+3/p-6. The van der Waals surface area contributed by atoms with E-state index in [2.05, 4.69) is 0 Å². The van der Waals surface area contributed by atoms with Crippen LogP contribution in [0.2, 0.25) is 0 Å². The first-order valence-corrected chi connectivity index (χ1v) is 1.84. The summed E-state index contributed by atoms with van der Waals surface area (Å²) in [7, 11) is 0. The van der Waals surface area contributed by atoms with Crippen molar-refractivity contribution in [3.63, 3.8) is 0 Å². The first-order chi connectivity index (χ1) is 5.20. The predicted molar refractivity (Wildman–Crippen MR) is 21.2 cm³/mol. The SMILES string of the molecule is N.O=C([O-])[O-].O=C([O-])[O-].O=C([O-])[O-].[Y+3].[Y+3]. The third-order valence-corrected chi connectivity index (χ3v) is 0. The van der Waals surface area contributed by atoms with E-state index in [1.165, 1.54) is 0 Å². The Balaban J connectivity index is -0.0000000184. The predicted octanol–water partition coefficient (Wildman–Crippen LogP) is -7.18. The molecule has 3 N–H and O–H groups in total. The minimum atomic E-state index is -2.33. The molecule has 0 unspecified atom stereocenters. The summed E-state index contributed by atoms with van der Waals surface area (Å²) in [4.78, 5) is 25.0. The molecule has 10 nitrogen and oxygen atoms in total. The van der Waals surface area contributed by atoms with Gasteiger partial charge in [0.25, 0.3) is 0 Å². The summed E-state index contributed by atoms with van der Waals surface area (Å²) in [6.45, 7) is 0. The van der Waals surface area contributed by atoms with Gasteiger partial charge >= 0.3 is 65.4 Å². The van der Waals surface area contributed by atoms with Crippen LogP contribution in [0.1, 0.15) is 0 Å². The summed E-state index contributed by atoms with van der Waals surface area (Å²) in [5.74, 6) is 0. The van der Waals surface area contributed by atoms with Gasteiger partial charge in [-0.2, -0.15) is 0 Å². The third-order valence-electron chi connectivity index (χ3n) is 0. The minimum Gasteiger partial charge on any atom is -0.652 e. The fourth-order valence-corrected chi connectivity index (χ4v) is 0. The molecule has 12 heteroatoms. The molecule has 15 heavy (non-hydrogen) atoms. The minimum absolute atomic E-state index is 0. The monoisotopic (exact) mass is 375 g/mol. The summed E-state index contributed by atoms with van der Waals surface area (Å²) in [6.07, 6.45) is -7.00. The fraction of sp³-hybridized carbons (Fsp3) is 0. The second kappa shape index (κ2) is 29.2. The molecular formula is C3H3NO9Y2. The second-order valence-electron chi connectivity index (χ2n) is 0.750. The van der Waals surface area contributed by atoms with Crippen LogP contribution in [0.25, 0.3) is 0 Å². The number of carbonyl (C=O) groups excluding carboxylic acids is 3. The molecule has 0 fully saturated rings. The van der Waals surface area contributed by atoms with Gasteiger partial charge in [-0.1, -0.05) is 0 Å². The first-order valence-electron chi connectivity index (χ1n) is 1.84. The molecule has 0 amide bonds. The average molecular weight is 375 g/mol. The molecular weight excluding hydrogens is 372 g/mol. The van der Waals surface area contributed by atoms with Crippen molar-refractivity contribution in [3.8, 4) is 0 Å². The van der Waals surface area contributed by atoms with Gasteiger partial charge in [0.1, 0.15) is 0 Å². The molecule has 0 aromatic rings. The molecule has 0 radical (unpaired) electrons. The Labute approximate surface area is 134 Å². The maximum atomic E-state index is 8.33. The van der Waals surface area contributed by atoms with Gasteiger partial charge in [-0.25, -0.2) is 0 Å². The number of hydrogen-bond acceptors (Lipinski definition) is 10. The number of carbonyl (C=O) groups is 3. The van der Waals surface area contributed by atoms with Crippen LogP contribution in [-0.4, -0.2) is 18.5 Å². The van der Waals surface area contributed by atoms with Crippen LogP contribution in [0, 0.1) is 0 Å². The number of carboxylic acid groups (broad SMARTS) is 6. The van der Waals surface area contributed by atoms with Gasteiger partial charge in [-0.3, -0.25) is 0 Å². The van der Waals surface area contributed by atoms with Gasteiger partial charge in [0.05, 0.1) is 0 Å². The zero-order valence-electron chi connectivity index (χ0n) is 7.04. The summed E-state index contributed by atoms with van der Waals surface area (Å²) in [6, 6.07) is 0. The van der Waals surface area contributed by atoms with E-state index in [0.29, 0.717) is 0 Å². The largest absolute Gasteiger partial charge is 3.00 e. The Hall–Kier alpha value is -0.0222. The van der Waals surface area contributed by atoms with Gasteiger partial charge in [0.15, 0.2) is 0 Å². The second-order valence-corrected chi connectivity index (χ2v) is 0.750. The van der Waals surface area contributed by atoms with Crippen LogP contribution in [-0.2, 0) is 65.4 Å². The van der Waals surface area contributed by atoms with E-state index in [1.807, 2.05) is 0 Å². The molecule has 0 heterocycles. The molecule has 0 aliphatic heterocycles. The van der Waals surface area contributed by atoms with E-state index in [1.54, 1.807) is 0 Å². The van der Waals surface area contributed by atoms with Gasteiger partial charge in [-0.05, 0) is 18.5 Å². The zero-order chi connectivity index (χ0) is 10.7. The van der Waals surface area contributed by atoms with Crippen molar-refractivity contribution >= 4 is 18.5 Å². The van der Waals surface area contributed by atoms with Crippen molar-refractivity contribution in [2.75, 3.05) is 0 Å². The summed E-state index contributed by atoms with van der Waals surface area (Å²) >= 11 is 0. The van der Waals surface area contributed by atoms with E-state index < -0.39 is 18.5 Å². The summed E-state index contributed by atoms with van der Waals surface area (Å²) < 4.78 is 0. The normalized spacial score (nSPS) is 4.80. The Morgan fingerprint density at radius 2 is 0.533 bits per heavy atom. The fourth-order valence-electron chi connectivity index (χ4n) is 0. The van der Waals surface area contributed by atoms with Gasteiger partial charge in [0.2, 0.25) is 0 Å². The summed E-state index contributed by atoms with van der Waals surface area (Å²) in [5, 5.41) is 50.0. The first kappa shape index (κ1) is 36.3. The Morgan fingerprint density at radius 3 is 0.533 bits per heavy atom. The van der Waals surface area contributed by atoms with Crippen LogP contribution in [0.4, 0.5) is 14.4 Å². The van der Waals surface area contributed by atoms with Crippen LogP contribution < -0.4 is 36.8 Å². The molecule has 0 aromatic carbocycles. The smallest absolute Gasteiger partial charge is 0.652 e. The maximum absolute atomic E-state index is 8.33. The van der Waals surface area contributed by atoms with Crippen LogP contribution >= 0.6 is 0 Å². The molecule has 0 rings (SSSR count). The van der Waals surface area contributed by atoms with E-state index in [0.717, 1.165) is 0 Å². The molecule has 0 saturated carbocycles. The van der Waals surface area contributed by atoms with Crippen molar-refractivity contribution in [1.29, 1.82) is 0 Å². The van der Waals surface area contributed by atoms with Gasteiger partial charge in [-0.15, -0.1) is 0 Å². The molecule has 0 aliphatic rings. The molecule has 80 valence electrons. The van der Waals surface area contributed by atoms with Crippen molar-refractivity contribution < 1.29 is 110 Å². The number of rotatable bonds is 0. The average Bonchev–Trinajstić information content (AvgIpc) is 1.54. The Bertz CT molecular complexity index is 121. The molecule has 0 saturated heterocycles. The van der Waals surface area contributed by atoms with Crippen LogP contribution in [0.15, 0.2) is 0 Å². The third kappa shape index (κ3) is 4070000. The van der Waals surface area contributed by atoms with Crippen molar-refractivity contribution in [2.24, 2.45) is 0 Å². The van der Waals surface area contributed by atoms with Crippen LogP contribution in [0.3, 0.4) is 0 Å². The Kier molecular flexibility index (Phi) is 70.7. The molecule has 0 atom stereocenters. The van der Waals surface area contributed by atoms with Gasteiger partial charge in [0, 0.05) is 0 Å². The molecule has 0 bridgehead atoms. The van der Waals surface area contributed by atoms with E-state index in [4.69, 9.17) is 45.0 Å². The van der Waals surface area contributed by atoms with E-state index >= 15 is 0 Å². The van der Waals surface area contributed by atoms with Crippen molar-refractivity contribution in [3.05, 3.63) is 0 Å². The quantitative estimate of drug-likeness (QED) is 0.421. The molecule has 0 aromatic heterocycles. The van der Waals surface area contributed by atoms with Gasteiger partial charge < -0.3 is 51.2 Å².